The SMILES string of the molecule is CN(C)c1nc(CNC(=O)C2CCN(S(C)(=O)=O)CC2)nc(N2CCCC2)n1. The van der Waals surface area contributed by atoms with Crippen molar-refractivity contribution in [2.75, 3.05) is 56.3 Å². The Balaban J connectivity index is 1.61. The molecule has 0 radical (unpaired) electrons. The summed E-state index contributed by atoms with van der Waals surface area (Å²) in [4.78, 5) is 30.0. The van der Waals surface area contributed by atoms with Crippen LogP contribution < -0.4 is 15.1 Å². The standard InChI is InChI=1S/C17H29N7O3S/c1-22(2)16-19-14(20-17(21-16)23-8-4-5-9-23)12-18-15(25)13-6-10-24(11-7-13)28(3,26)27/h13H,4-12H2,1-3H3,(H,18,25). The molecule has 3 rings (SSSR count). The highest BCUT2D eigenvalue weighted by atomic mass is 32.2. The number of hydrogen-bond acceptors (Lipinski definition) is 8. The van der Waals surface area contributed by atoms with E-state index in [0.29, 0.717) is 43.7 Å². The molecule has 0 atom stereocenters. The lowest BCUT2D eigenvalue weighted by Gasteiger charge is -2.29. The summed E-state index contributed by atoms with van der Waals surface area (Å²) in [5.74, 6) is 1.49. The molecule has 3 heterocycles. The van der Waals surface area contributed by atoms with E-state index in [2.05, 4.69) is 25.2 Å². The number of amides is 1. The van der Waals surface area contributed by atoms with Crippen LogP contribution in [-0.4, -0.2) is 80.1 Å². The number of nitrogens with one attached hydrogen (secondary N) is 1. The molecule has 28 heavy (non-hydrogen) atoms. The van der Waals surface area contributed by atoms with Crippen molar-refractivity contribution in [1.82, 2.24) is 24.6 Å². The fourth-order valence-electron chi connectivity index (χ4n) is 3.49. The third-order valence-corrected chi connectivity index (χ3v) is 6.46. The van der Waals surface area contributed by atoms with Crippen molar-refractivity contribution < 1.29 is 13.2 Å². The molecule has 0 bridgehead atoms. The van der Waals surface area contributed by atoms with Gasteiger partial charge in [0.05, 0.1) is 12.8 Å². The zero-order chi connectivity index (χ0) is 20.3. The summed E-state index contributed by atoms with van der Waals surface area (Å²) in [6.07, 6.45) is 4.51. The van der Waals surface area contributed by atoms with Crippen LogP contribution in [0.5, 0.6) is 0 Å². The minimum Gasteiger partial charge on any atom is -0.349 e. The average molecular weight is 412 g/mol. The van der Waals surface area contributed by atoms with Gasteiger partial charge in [-0.1, -0.05) is 0 Å². The zero-order valence-electron chi connectivity index (χ0n) is 16.8. The van der Waals surface area contributed by atoms with Crippen LogP contribution in [0.4, 0.5) is 11.9 Å². The maximum absolute atomic E-state index is 12.5. The van der Waals surface area contributed by atoms with Gasteiger partial charge in [-0.3, -0.25) is 4.79 Å². The summed E-state index contributed by atoms with van der Waals surface area (Å²) < 4.78 is 24.6. The zero-order valence-corrected chi connectivity index (χ0v) is 17.6. The van der Waals surface area contributed by atoms with Crippen molar-refractivity contribution in [2.24, 2.45) is 5.92 Å². The van der Waals surface area contributed by atoms with E-state index in [1.165, 1.54) is 10.6 Å². The van der Waals surface area contributed by atoms with Gasteiger partial charge in [0.2, 0.25) is 27.8 Å². The van der Waals surface area contributed by atoms with E-state index in [4.69, 9.17) is 0 Å². The smallest absolute Gasteiger partial charge is 0.230 e. The van der Waals surface area contributed by atoms with Gasteiger partial charge in [-0.2, -0.15) is 15.0 Å². The van der Waals surface area contributed by atoms with E-state index in [-0.39, 0.29) is 18.4 Å². The molecule has 2 aliphatic heterocycles. The Morgan fingerprint density at radius 1 is 1.11 bits per heavy atom. The normalized spacial score (nSPS) is 19.0. The van der Waals surface area contributed by atoms with Crippen LogP contribution in [0.2, 0.25) is 0 Å². The van der Waals surface area contributed by atoms with Crippen LogP contribution in [0.3, 0.4) is 0 Å². The lowest BCUT2D eigenvalue weighted by Crippen LogP contribution is -2.42. The van der Waals surface area contributed by atoms with Gasteiger partial charge in [0, 0.05) is 46.2 Å². The van der Waals surface area contributed by atoms with Crippen LogP contribution in [0, 0.1) is 5.92 Å². The predicted octanol–water partition coefficient (Wildman–Crippen LogP) is -0.174. The maximum atomic E-state index is 12.5. The van der Waals surface area contributed by atoms with Crippen LogP contribution in [0.25, 0.3) is 0 Å². The Morgan fingerprint density at radius 3 is 2.32 bits per heavy atom. The summed E-state index contributed by atoms with van der Waals surface area (Å²) in [6.45, 7) is 2.86. The van der Waals surface area contributed by atoms with Gasteiger partial charge in [-0.05, 0) is 25.7 Å². The second kappa shape index (κ2) is 8.56. The number of anilines is 2. The average Bonchev–Trinajstić information content (AvgIpc) is 3.20. The molecule has 2 aliphatic rings. The highest BCUT2D eigenvalue weighted by Crippen LogP contribution is 2.20. The van der Waals surface area contributed by atoms with Crippen LogP contribution in [0.15, 0.2) is 0 Å². The van der Waals surface area contributed by atoms with E-state index in [0.717, 1.165) is 25.9 Å². The molecule has 1 aromatic rings. The van der Waals surface area contributed by atoms with E-state index in [1.54, 1.807) is 0 Å². The lowest BCUT2D eigenvalue weighted by atomic mass is 9.97. The number of rotatable bonds is 6. The molecule has 1 aromatic heterocycles. The lowest BCUT2D eigenvalue weighted by molar-refractivity contribution is -0.126. The Kier molecular flexibility index (Phi) is 6.33. The molecule has 11 heteroatoms. The summed E-state index contributed by atoms with van der Waals surface area (Å²) in [5, 5.41) is 2.91. The van der Waals surface area contributed by atoms with Crippen LogP contribution in [0.1, 0.15) is 31.5 Å². The third-order valence-electron chi connectivity index (χ3n) is 5.16. The summed E-state index contributed by atoms with van der Waals surface area (Å²) in [7, 11) is 0.561. The molecule has 0 unspecified atom stereocenters. The summed E-state index contributed by atoms with van der Waals surface area (Å²) in [5.41, 5.74) is 0. The maximum Gasteiger partial charge on any atom is 0.230 e. The van der Waals surface area contributed by atoms with E-state index in [1.807, 2.05) is 19.0 Å². The fourth-order valence-corrected chi connectivity index (χ4v) is 4.37. The Morgan fingerprint density at radius 2 is 1.75 bits per heavy atom. The number of piperidine rings is 1. The minimum atomic E-state index is -3.19. The molecular formula is C17H29N7O3S. The molecule has 156 valence electrons. The first kappa shape index (κ1) is 20.7. The predicted molar refractivity (Wildman–Crippen MR) is 107 cm³/mol. The van der Waals surface area contributed by atoms with Gasteiger partial charge in [-0.15, -0.1) is 0 Å². The summed E-state index contributed by atoms with van der Waals surface area (Å²) in [6, 6.07) is 0. The Hall–Kier alpha value is -2.01. The molecular weight excluding hydrogens is 382 g/mol. The quantitative estimate of drug-likeness (QED) is 0.687. The second-order valence-corrected chi connectivity index (χ2v) is 9.58. The van der Waals surface area contributed by atoms with Crippen molar-refractivity contribution >= 4 is 27.8 Å². The second-order valence-electron chi connectivity index (χ2n) is 7.59. The number of nitrogens with zero attached hydrogens (tertiary/aromatic N) is 6. The molecule has 0 saturated carbocycles. The number of hydrogen-bond donors (Lipinski definition) is 1. The van der Waals surface area contributed by atoms with Gasteiger partial charge in [0.15, 0.2) is 5.82 Å². The monoisotopic (exact) mass is 411 g/mol. The number of aromatic nitrogens is 3. The van der Waals surface area contributed by atoms with Crippen molar-refractivity contribution in [3.05, 3.63) is 5.82 Å². The van der Waals surface area contributed by atoms with Gasteiger partial charge in [-0.25, -0.2) is 12.7 Å². The van der Waals surface area contributed by atoms with E-state index >= 15 is 0 Å². The van der Waals surface area contributed by atoms with Crippen LogP contribution in [-0.2, 0) is 21.4 Å². The highest BCUT2D eigenvalue weighted by molar-refractivity contribution is 7.88. The minimum absolute atomic E-state index is 0.0808. The first-order valence-corrected chi connectivity index (χ1v) is 11.5. The molecule has 2 fully saturated rings. The van der Waals surface area contributed by atoms with E-state index < -0.39 is 10.0 Å². The van der Waals surface area contributed by atoms with Gasteiger partial charge in [0.25, 0.3) is 0 Å². The van der Waals surface area contributed by atoms with Crippen LogP contribution >= 0.6 is 0 Å². The number of carbonyl (C=O) groups is 1. The Bertz CT molecular complexity index is 801. The first-order chi connectivity index (χ1) is 13.2. The molecule has 10 nitrogen and oxygen atoms in total. The summed E-state index contributed by atoms with van der Waals surface area (Å²) >= 11 is 0. The van der Waals surface area contributed by atoms with E-state index in [9.17, 15) is 13.2 Å². The van der Waals surface area contributed by atoms with Crippen molar-refractivity contribution in [2.45, 2.75) is 32.2 Å². The molecule has 0 aliphatic carbocycles. The first-order valence-electron chi connectivity index (χ1n) is 9.64. The van der Waals surface area contributed by atoms with Gasteiger partial charge >= 0.3 is 0 Å². The highest BCUT2D eigenvalue weighted by Gasteiger charge is 2.29. The topological polar surface area (TPSA) is 112 Å². The van der Waals surface area contributed by atoms with Crippen molar-refractivity contribution in [3.8, 4) is 0 Å². The molecule has 0 aromatic carbocycles. The van der Waals surface area contributed by atoms with Crippen molar-refractivity contribution in [1.29, 1.82) is 0 Å². The largest absolute Gasteiger partial charge is 0.349 e. The Labute approximate surface area is 166 Å². The molecule has 1 amide bonds. The fraction of sp³-hybridized carbons (Fsp3) is 0.765. The molecule has 0 spiro atoms. The van der Waals surface area contributed by atoms with Gasteiger partial charge in [0.1, 0.15) is 0 Å². The number of carbonyl (C=O) groups excluding carboxylic acids is 1. The van der Waals surface area contributed by atoms with Gasteiger partial charge < -0.3 is 15.1 Å². The molecule has 1 N–H and O–H groups in total. The molecule has 2 saturated heterocycles. The number of sulfonamides is 1. The van der Waals surface area contributed by atoms with Crippen molar-refractivity contribution in [3.63, 3.8) is 0 Å². The third kappa shape index (κ3) is 5.07.